The van der Waals surface area contributed by atoms with E-state index in [1.807, 2.05) is 11.8 Å². The highest BCUT2D eigenvalue weighted by Crippen LogP contribution is 2.39. The normalized spacial score (nSPS) is 16.1. The van der Waals surface area contributed by atoms with Crippen LogP contribution >= 0.6 is 0 Å². The molecule has 0 saturated heterocycles. The fourth-order valence-electron chi connectivity index (χ4n) is 2.40. The Labute approximate surface area is 129 Å². The van der Waals surface area contributed by atoms with E-state index in [0.717, 1.165) is 25.3 Å². The molecule has 0 bridgehead atoms. The van der Waals surface area contributed by atoms with E-state index < -0.39 is 6.10 Å². The van der Waals surface area contributed by atoms with Gasteiger partial charge in [0.1, 0.15) is 5.75 Å². The molecule has 2 aromatic rings. The molecular formula is C16H21N3O3. The highest BCUT2D eigenvalue weighted by Gasteiger charge is 2.29. The van der Waals surface area contributed by atoms with Gasteiger partial charge in [0.25, 0.3) is 0 Å². The molecule has 1 atom stereocenters. The summed E-state index contributed by atoms with van der Waals surface area (Å²) in [6.45, 7) is 3.75. The van der Waals surface area contributed by atoms with Crippen molar-refractivity contribution in [2.45, 2.75) is 38.3 Å². The standard InChI is InChI=1S/C16H21N3O3/c1-2-19(9-14(21)12-4-3-5-13(20)8-12)10-15-17-18-16(22-15)11-6-7-11/h3-5,8,11,14,20-21H,2,6-7,9-10H2,1H3/t14-/m1/s1. The lowest BCUT2D eigenvalue weighted by atomic mass is 10.1. The second-order valence-corrected chi connectivity index (χ2v) is 5.75. The van der Waals surface area contributed by atoms with Crippen LogP contribution in [0.2, 0.25) is 0 Å². The summed E-state index contributed by atoms with van der Waals surface area (Å²) in [5.74, 6) is 1.94. The number of nitrogens with zero attached hydrogens (tertiary/aromatic N) is 3. The minimum Gasteiger partial charge on any atom is -0.508 e. The molecule has 1 aliphatic rings. The first-order valence-corrected chi connectivity index (χ1v) is 7.67. The van der Waals surface area contributed by atoms with Crippen LogP contribution in [-0.4, -0.2) is 38.4 Å². The Morgan fingerprint density at radius 2 is 2.18 bits per heavy atom. The van der Waals surface area contributed by atoms with Gasteiger partial charge in [-0.25, -0.2) is 0 Å². The van der Waals surface area contributed by atoms with Gasteiger partial charge in [-0.3, -0.25) is 4.90 Å². The predicted molar refractivity (Wildman–Crippen MR) is 80.3 cm³/mol. The van der Waals surface area contributed by atoms with E-state index in [1.165, 1.54) is 0 Å². The SMILES string of the molecule is CCN(Cc1nnc(C2CC2)o1)C[C@@H](O)c1cccc(O)c1. The summed E-state index contributed by atoms with van der Waals surface area (Å²) in [5, 5.41) is 28.0. The minimum absolute atomic E-state index is 0.158. The van der Waals surface area contributed by atoms with E-state index >= 15 is 0 Å². The van der Waals surface area contributed by atoms with Gasteiger partial charge in [0, 0.05) is 12.5 Å². The molecule has 6 heteroatoms. The summed E-state index contributed by atoms with van der Waals surface area (Å²) >= 11 is 0. The Morgan fingerprint density at radius 1 is 1.36 bits per heavy atom. The van der Waals surface area contributed by atoms with Crippen molar-refractivity contribution < 1.29 is 14.6 Å². The van der Waals surface area contributed by atoms with Gasteiger partial charge in [-0.15, -0.1) is 10.2 Å². The number of phenolic OH excluding ortho intramolecular Hbond substituents is 1. The number of likely N-dealkylation sites (N-methyl/N-ethyl adjacent to an activating group) is 1. The molecule has 22 heavy (non-hydrogen) atoms. The number of aromatic hydroxyl groups is 1. The lowest BCUT2D eigenvalue weighted by molar-refractivity contribution is 0.106. The lowest BCUT2D eigenvalue weighted by Gasteiger charge is -2.22. The molecule has 0 unspecified atom stereocenters. The van der Waals surface area contributed by atoms with Crippen molar-refractivity contribution in [2.24, 2.45) is 0 Å². The molecule has 118 valence electrons. The third kappa shape index (κ3) is 3.64. The number of rotatable bonds is 7. The first kappa shape index (κ1) is 15.0. The maximum Gasteiger partial charge on any atom is 0.230 e. The maximum absolute atomic E-state index is 10.3. The highest BCUT2D eigenvalue weighted by molar-refractivity contribution is 5.28. The van der Waals surface area contributed by atoms with Crippen molar-refractivity contribution in [3.05, 3.63) is 41.6 Å². The number of hydrogen-bond acceptors (Lipinski definition) is 6. The molecule has 0 spiro atoms. The molecule has 6 nitrogen and oxygen atoms in total. The first-order chi connectivity index (χ1) is 10.7. The zero-order chi connectivity index (χ0) is 15.5. The largest absolute Gasteiger partial charge is 0.508 e. The number of aliphatic hydroxyl groups is 1. The predicted octanol–water partition coefficient (Wildman–Crippen LogP) is 2.21. The van der Waals surface area contributed by atoms with Crippen LogP contribution in [0.25, 0.3) is 0 Å². The van der Waals surface area contributed by atoms with Gasteiger partial charge in [-0.1, -0.05) is 19.1 Å². The maximum atomic E-state index is 10.3. The third-order valence-corrected chi connectivity index (χ3v) is 3.90. The quantitative estimate of drug-likeness (QED) is 0.816. The van der Waals surface area contributed by atoms with Gasteiger partial charge in [0.15, 0.2) is 0 Å². The lowest BCUT2D eigenvalue weighted by Crippen LogP contribution is -2.28. The molecule has 0 radical (unpaired) electrons. The number of benzene rings is 1. The van der Waals surface area contributed by atoms with Crippen LogP contribution in [0.3, 0.4) is 0 Å². The van der Waals surface area contributed by atoms with Crippen LogP contribution in [0, 0.1) is 0 Å². The number of aromatic nitrogens is 2. The van der Waals surface area contributed by atoms with Crippen molar-refractivity contribution >= 4 is 0 Å². The summed E-state index contributed by atoms with van der Waals surface area (Å²) < 4.78 is 5.66. The third-order valence-electron chi connectivity index (χ3n) is 3.90. The van der Waals surface area contributed by atoms with Crippen LogP contribution in [-0.2, 0) is 6.54 Å². The van der Waals surface area contributed by atoms with Crippen molar-refractivity contribution in [3.8, 4) is 5.75 Å². The molecule has 1 aromatic heterocycles. The van der Waals surface area contributed by atoms with Crippen LogP contribution in [0.15, 0.2) is 28.7 Å². The van der Waals surface area contributed by atoms with Crippen LogP contribution < -0.4 is 0 Å². The van der Waals surface area contributed by atoms with E-state index in [1.54, 1.807) is 24.3 Å². The Balaban J connectivity index is 1.60. The fraction of sp³-hybridized carbons (Fsp3) is 0.500. The van der Waals surface area contributed by atoms with E-state index in [2.05, 4.69) is 10.2 Å². The topological polar surface area (TPSA) is 82.6 Å². The fourth-order valence-corrected chi connectivity index (χ4v) is 2.40. The second-order valence-electron chi connectivity index (χ2n) is 5.75. The molecule has 1 saturated carbocycles. The summed E-state index contributed by atoms with van der Waals surface area (Å²) in [7, 11) is 0. The zero-order valence-electron chi connectivity index (χ0n) is 12.6. The summed E-state index contributed by atoms with van der Waals surface area (Å²) in [4.78, 5) is 2.04. The molecule has 3 rings (SSSR count). The Kier molecular flexibility index (Phi) is 4.40. The molecular weight excluding hydrogens is 282 g/mol. The van der Waals surface area contributed by atoms with Gasteiger partial charge < -0.3 is 14.6 Å². The number of hydrogen-bond donors (Lipinski definition) is 2. The van der Waals surface area contributed by atoms with Gasteiger partial charge in [0.2, 0.25) is 11.8 Å². The van der Waals surface area contributed by atoms with Crippen molar-refractivity contribution in [2.75, 3.05) is 13.1 Å². The van der Waals surface area contributed by atoms with Gasteiger partial charge in [-0.2, -0.15) is 0 Å². The van der Waals surface area contributed by atoms with Crippen molar-refractivity contribution in [3.63, 3.8) is 0 Å². The van der Waals surface area contributed by atoms with Gasteiger partial charge in [0.05, 0.1) is 12.6 Å². The average molecular weight is 303 g/mol. The van der Waals surface area contributed by atoms with E-state index in [4.69, 9.17) is 4.42 Å². The number of aliphatic hydroxyl groups excluding tert-OH is 1. The average Bonchev–Trinajstić information content (AvgIpc) is 3.26. The zero-order valence-corrected chi connectivity index (χ0v) is 12.6. The smallest absolute Gasteiger partial charge is 0.230 e. The highest BCUT2D eigenvalue weighted by atomic mass is 16.4. The summed E-state index contributed by atoms with van der Waals surface area (Å²) in [6, 6.07) is 6.70. The first-order valence-electron chi connectivity index (χ1n) is 7.67. The summed E-state index contributed by atoms with van der Waals surface area (Å²) in [6.07, 6.45) is 1.60. The van der Waals surface area contributed by atoms with Crippen LogP contribution in [0.5, 0.6) is 5.75 Å². The van der Waals surface area contributed by atoms with Gasteiger partial charge in [-0.05, 0) is 37.1 Å². The Hall–Kier alpha value is -1.92. The second kappa shape index (κ2) is 6.46. The molecule has 1 aliphatic carbocycles. The van der Waals surface area contributed by atoms with Crippen molar-refractivity contribution in [1.29, 1.82) is 0 Å². The summed E-state index contributed by atoms with van der Waals surface area (Å²) in [5.41, 5.74) is 0.697. The molecule has 0 amide bonds. The molecule has 1 heterocycles. The monoisotopic (exact) mass is 303 g/mol. The van der Waals surface area contributed by atoms with E-state index in [9.17, 15) is 10.2 Å². The molecule has 1 fully saturated rings. The minimum atomic E-state index is -0.669. The van der Waals surface area contributed by atoms with E-state index in [0.29, 0.717) is 30.5 Å². The molecule has 1 aromatic carbocycles. The molecule has 0 aliphatic heterocycles. The number of phenols is 1. The van der Waals surface area contributed by atoms with Gasteiger partial charge >= 0.3 is 0 Å². The van der Waals surface area contributed by atoms with Crippen LogP contribution in [0.4, 0.5) is 0 Å². The van der Waals surface area contributed by atoms with Crippen molar-refractivity contribution in [1.82, 2.24) is 15.1 Å². The Bertz CT molecular complexity index is 625. The molecule has 2 N–H and O–H groups in total. The Morgan fingerprint density at radius 3 is 2.86 bits per heavy atom. The van der Waals surface area contributed by atoms with Crippen LogP contribution in [0.1, 0.15) is 49.1 Å². The van der Waals surface area contributed by atoms with E-state index in [-0.39, 0.29) is 5.75 Å².